The highest BCUT2D eigenvalue weighted by Crippen LogP contribution is 2.18. The molecule has 0 aromatic heterocycles. The van der Waals surface area contributed by atoms with Gasteiger partial charge in [-0.2, -0.15) is 0 Å². The molecule has 1 rings (SSSR count). The van der Waals surface area contributed by atoms with Crippen LogP contribution in [-0.4, -0.2) is 41.2 Å². The number of rotatable bonds is 1. The van der Waals surface area contributed by atoms with Crippen LogP contribution in [0, 0.1) is 0 Å². The van der Waals surface area contributed by atoms with Crippen LogP contribution in [0.15, 0.2) is 0 Å². The maximum absolute atomic E-state index is 9.21. The Bertz CT molecular complexity index is 120. The zero-order valence-electron chi connectivity index (χ0n) is 5.90. The minimum absolute atomic E-state index is 0.122. The Morgan fingerprint density at radius 3 is 2.40 bits per heavy atom. The van der Waals surface area contributed by atoms with Crippen LogP contribution in [-0.2, 0) is 4.74 Å². The van der Waals surface area contributed by atoms with E-state index in [1.165, 1.54) is 0 Å². The third kappa shape index (κ3) is 1.15. The Hall–Kier alpha value is -0.160. The summed E-state index contributed by atoms with van der Waals surface area (Å²) in [7, 11) is 0. The molecule has 4 N–H and O–H groups in total. The van der Waals surface area contributed by atoms with Gasteiger partial charge in [-0.1, -0.05) is 0 Å². The zero-order valence-corrected chi connectivity index (χ0v) is 5.90. The van der Waals surface area contributed by atoms with Crippen LogP contribution in [0.4, 0.5) is 0 Å². The first-order valence-electron chi connectivity index (χ1n) is 3.36. The van der Waals surface area contributed by atoms with Gasteiger partial charge in [0.1, 0.15) is 0 Å². The highest BCUT2D eigenvalue weighted by Gasteiger charge is 2.38. The number of nitrogens with two attached hydrogens (primary N) is 1. The van der Waals surface area contributed by atoms with Crippen molar-refractivity contribution in [3.63, 3.8) is 0 Å². The zero-order chi connectivity index (χ0) is 7.72. The molecule has 0 aliphatic carbocycles. The molecule has 1 heterocycles. The Labute approximate surface area is 59.6 Å². The number of hydrogen-bond acceptors (Lipinski definition) is 4. The van der Waals surface area contributed by atoms with E-state index >= 15 is 0 Å². The van der Waals surface area contributed by atoms with Crippen LogP contribution in [0.25, 0.3) is 0 Å². The number of aliphatic hydroxyl groups excluding tert-OH is 2. The van der Waals surface area contributed by atoms with Gasteiger partial charge in [-0.25, -0.2) is 0 Å². The summed E-state index contributed by atoms with van der Waals surface area (Å²) in [5, 5.41) is 17.9. The molecule has 0 bridgehead atoms. The number of aliphatic hydroxyl groups is 2. The number of hydrogen-bond donors (Lipinski definition) is 3. The van der Waals surface area contributed by atoms with Crippen LogP contribution in [0.2, 0.25) is 0 Å². The second-order valence-corrected chi connectivity index (χ2v) is 2.63. The van der Waals surface area contributed by atoms with Gasteiger partial charge in [0.2, 0.25) is 0 Å². The fraction of sp³-hybridized carbons (Fsp3) is 1.00. The van der Waals surface area contributed by atoms with Crippen molar-refractivity contribution in [2.75, 3.05) is 6.61 Å². The smallest absolute Gasteiger partial charge is 0.0987 e. The SMILES string of the molecule is C[C@@H]1O[C@H](CO)C(N)[C@@H]1O. The first-order valence-corrected chi connectivity index (χ1v) is 3.36. The number of ether oxygens (including phenoxy) is 1. The Morgan fingerprint density at radius 1 is 1.60 bits per heavy atom. The van der Waals surface area contributed by atoms with Gasteiger partial charge in [-0.3, -0.25) is 0 Å². The maximum atomic E-state index is 9.21. The minimum Gasteiger partial charge on any atom is -0.394 e. The molecule has 0 amide bonds. The van der Waals surface area contributed by atoms with Gasteiger partial charge in [-0.05, 0) is 6.92 Å². The Morgan fingerprint density at radius 2 is 2.20 bits per heavy atom. The maximum Gasteiger partial charge on any atom is 0.0987 e. The van der Waals surface area contributed by atoms with Crippen molar-refractivity contribution in [1.29, 1.82) is 0 Å². The van der Waals surface area contributed by atoms with Crippen molar-refractivity contribution >= 4 is 0 Å². The van der Waals surface area contributed by atoms with E-state index in [0.717, 1.165) is 0 Å². The fourth-order valence-corrected chi connectivity index (χ4v) is 1.14. The van der Waals surface area contributed by atoms with Crippen LogP contribution in [0.1, 0.15) is 6.92 Å². The van der Waals surface area contributed by atoms with Crippen molar-refractivity contribution < 1.29 is 14.9 Å². The first-order chi connectivity index (χ1) is 4.66. The molecule has 0 spiro atoms. The standard InChI is InChI=1S/C6H13NO3/c1-3-6(9)5(7)4(2-8)10-3/h3-6,8-9H,2,7H2,1H3/t3-,4+,5?,6+/m0/s1. The molecule has 60 valence electrons. The lowest BCUT2D eigenvalue weighted by atomic mass is 10.1. The predicted molar refractivity (Wildman–Crippen MR) is 35.4 cm³/mol. The van der Waals surface area contributed by atoms with E-state index in [2.05, 4.69) is 0 Å². The highest BCUT2D eigenvalue weighted by atomic mass is 16.5. The third-order valence-electron chi connectivity index (χ3n) is 1.87. The molecule has 4 nitrogen and oxygen atoms in total. The lowest BCUT2D eigenvalue weighted by Crippen LogP contribution is -2.41. The summed E-state index contributed by atoms with van der Waals surface area (Å²) in [5.74, 6) is 0. The van der Waals surface area contributed by atoms with Crippen molar-refractivity contribution in [2.24, 2.45) is 5.73 Å². The van der Waals surface area contributed by atoms with E-state index in [4.69, 9.17) is 15.6 Å². The van der Waals surface area contributed by atoms with Crippen LogP contribution in [0.5, 0.6) is 0 Å². The summed E-state index contributed by atoms with van der Waals surface area (Å²) in [4.78, 5) is 0. The van der Waals surface area contributed by atoms with Crippen molar-refractivity contribution in [3.8, 4) is 0 Å². The van der Waals surface area contributed by atoms with Crippen molar-refractivity contribution in [1.82, 2.24) is 0 Å². The van der Waals surface area contributed by atoms with Gasteiger partial charge in [-0.15, -0.1) is 0 Å². The molecule has 1 unspecified atom stereocenters. The average Bonchev–Trinajstić information content (AvgIpc) is 2.17. The quantitative estimate of drug-likeness (QED) is 0.420. The van der Waals surface area contributed by atoms with Gasteiger partial charge in [0.05, 0.1) is 31.0 Å². The van der Waals surface area contributed by atoms with E-state index in [1.54, 1.807) is 6.92 Å². The predicted octanol–water partition coefficient (Wildman–Crippen LogP) is -1.55. The summed E-state index contributed by atoms with van der Waals surface area (Å²) >= 11 is 0. The summed E-state index contributed by atoms with van der Waals surface area (Å²) in [6.07, 6.45) is -1.30. The Balaban J connectivity index is 2.53. The molecule has 10 heavy (non-hydrogen) atoms. The van der Waals surface area contributed by atoms with Gasteiger partial charge in [0.15, 0.2) is 0 Å². The molecule has 0 aromatic carbocycles. The summed E-state index contributed by atoms with van der Waals surface area (Å²) in [6, 6.07) is -0.444. The van der Waals surface area contributed by atoms with Gasteiger partial charge >= 0.3 is 0 Å². The lowest BCUT2D eigenvalue weighted by molar-refractivity contribution is -0.000140. The fourth-order valence-electron chi connectivity index (χ4n) is 1.14. The van der Waals surface area contributed by atoms with Gasteiger partial charge in [0, 0.05) is 0 Å². The molecule has 4 heteroatoms. The van der Waals surface area contributed by atoms with Crippen molar-refractivity contribution in [2.45, 2.75) is 31.3 Å². The summed E-state index contributed by atoms with van der Waals surface area (Å²) in [6.45, 7) is 1.61. The third-order valence-corrected chi connectivity index (χ3v) is 1.87. The topological polar surface area (TPSA) is 75.7 Å². The molecule has 1 aliphatic rings. The minimum atomic E-state index is -0.642. The highest BCUT2D eigenvalue weighted by molar-refractivity contribution is 4.90. The Kier molecular flexibility index (Phi) is 2.25. The summed E-state index contributed by atoms with van der Waals surface area (Å²) < 4.78 is 5.11. The second-order valence-electron chi connectivity index (χ2n) is 2.63. The molecule has 0 saturated carbocycles. The van der Waals surface area contributed by atoms with E-state index in [9.17, 15) is 5.11 Å². The average molecular weight is 147 g/mol. The molecule has 0 aromatic rings. The van der Waals surface area contributed by atoms with Gasteiger partial charge < -0.3 is 20.7 Å². The first kappa shape index (κ1) is 7.94. The molecular weight excluding hydrogens is 134 g/mol. The van der Waals surface area contributed by atoms with Gasteiger partial charge in [0.25, 0.3) is 0 Å². The molecule has 1 aliphatic heterocycles. The summed E-state index contributed by atoms with van der Waals surface area (Å²) in [5.41, 5.74) is 5.49. The van der Waals surface area contributed by atoms with E-state index in [0.29, 0.717) is 0 Å². The van der Waals surface area contributed by atoms with E-state index in [-0.39, 0.29) is 12.7 Å². The second kappa shape index (κ2) is 2.84. The normalized spacial score (nSPS) is 48.0. The monoisotopic (exact) mass is 147 g/mol. The molecule has 1 fully saturated rings. The van der Waals surface area contributed by atoms with Crippen LogP contribution in [0.3, 0.4) is 0 Å². The van der Waals surface area contributed by atoms with Crippen LogP contribution < -0.4 is 5.73 Å². The largest absolute Gasteiger partial charge is 0.394 e. The molecule has 0 radical (unpaired) electrons. The molecular formula is C6H13NO3. The van der Waals surface area contributed by atoms with E-state index < -0.39 is 18.2 Å². The van der Waals surface area contributed by atoms with E-state index in [1.807, 2.05) is 0 Å². The van der Waals surface area contributed by atoms with Crippen LogP contribution >= 0.6 is 0 Å². The molecule has 4 atom stereocenters. The molecule has 1 saturated heterocycles. The lowest BCUT2D eigenvalue weighted by Gasteiger charge is -2.11. The van der Waals surface area contributed by atoms with Crippen molar-refractivity contribution in [3.05, 3.63) is 0 Å².